The lowest BCUT2D eigenvalue weighted by Crippen LogP contribution is -2.26. The summed E-state index contributed by atoms with van der Waals surface area (Å²) in [7, 11) is -3.87. The van der Waals surface area contributed by atoms with Crippen molar-refractivity contribution in [1.29, 1.82) is 0 Å². The maximum absolute atomic E-state index is 13.1. The summed E-state index contributed by atoms with van der Waals surface area (Å²) in [6.45, 7) is -2.32. The van der Waals surface area contributed by atoms with Crippen molar-refractivity contribution < 1.29 is 21.9 Å². The summed E-state index contributed by atoms with van der Waals surface area (Å²) in [6.07, 6.45) is 5.41. The number of alkyl halides is 2. The van der Waals surface area contributed by atoms with E-state index in [1.165, 1.54) is 15.2 Å². The molecule has 0 aliphatic rings. The number of aromatic nitrogens is 1. The summed E-state index contributed by atoms with van der Waals surface area (Å²) in [4.78, 5) is 5.46. The van der Waals surface area contributed by atoms with Crippen molar-refractivity contribution in [3.05, 3.63) is 77.4 Å². The number of thiophene rings is 1. The highest BCUT2D eigenvalue weighted by Crippen LogP contribution is 2.31. The highest BCUT2D eigenvalue weighted by Gasteiger charge is 2.19. The lowest BCUT2D eigenvalue weighted by atomic mass is 10.1. The second kappa shape index (κ2) is 11.3. The Morgan fingerprint density at radius 1 is 1.09 bits per heavy atom. The Bertz CT molecular complexity index is 1410. The molecule has 0 amide bonds. The molecule has 0 saturated carbocycles. The van der Waals surface area contributed by atoms with Crippen LogP contribution in [0, 0.1) is 0 Å². The topological polar surface area (TPSA) is 80.3 Å². The van der Waals surface area contributed by atoms with E-state index in [0.717, 1.165) is 5.69 Å². The Labute approximate surface area is 210 Å². The van der Waals surface area contributed by atoms with Gasteiger partial charge >= 0.3 is 6.61 Å². The number of rotatable bonds is 11. The normalized spacial score (nSPS) is 11.8. The monoisotopic (exact) mass is 535 g/mol. The summed E-state index contributed by atoms with van der Waals surface area (Å²) < 4.78 is 59.8. The van der Waals surface area contributed by atoms with Crippen molar-refractivity contribution >= 4 is 49.6 Å². The van der Waals surface area contributed by atoms with Gasteiger partial charge < -0.3 is 10.1 Å². The van der Waals surface area contributed by atoms with Gasteiger partial charge in [-0.3, -0.25) is 4.98 Å². The van der Waals surface area contributed by atoms with Gasteiger partial charge in [-0.1, -0.05) is 18.2 Å². The van der Waals surface area contributed by atoms with E-state index in [2.05, 4.69) is 31.9 Å². The standard InChI is InChI=1S/C24H23F2N3O3S3/c1-33-23-9-6-17(34-23)14-28-20-7-8-22(18-11-12-27-15-19(18)20)35(30,31)29-13-10-16-4-2-3-5-21(16)32-24(25)26/h2-9,11-12,15,24,28-29H,10,13-14H2,1H3. The molecule has 2 N–H and O–H groups in total. The van der Waals surface area contributed by atoms with Gasteiger partial charge in [0.15, 0.2) is 0 Å². The maximum Gasteiger partial charge on any atom is 0.387 e. The number of hydrogen-bond acceptors (Lipinski definition) is 7. The summed E-state index contributed by atoms with van der Waals surface area (Å²) in [5.74, 6) is 0.0315. The Morgan fingerprint density at radius 3 is 2.69 bits per heavy atom. The number of fused-ring (bicyclic) bond motifs is 1. The van der Waals surface area contributed by atoms with Crippen LogP contribution in [0.3, 0.4) is 0 Å². The number of para-hydroxylation sites is 1. The molecule has 35 heavy (non-hydrogen) atoms. The van der Waals surface area contributed by atoms with Crippen molar-refractivity contribution in [1.82, 2.24) is 9.71 Å². The molecule has 0 fully saturated rings. The number of thioether (sulfide) groups is 1. The van der Waals surface area contributed by atoms with Gasteiger partial charge in [-0.05, 0) is 54.6 Å². The molecule has 0 atom stereocenters. The van der Waals surface area contributed by atoms with E-state index >= 15 is 0 Å². The second-order valence-corrected chi connectivity index (χ2v) is 11.5. The van der Waals surface area contributed by atoms with Gasteiger partial charge in [0.1, 0.15) is 5.75 Å². The van der Waals surface area contributed by atoms with Gasteiger partial charge in [-0.2, -0.15) is 8.78 Å². The minimum Gasteiger partial charge on any atom is -0.435 e. The lowest BCUT2D eigenvalue weighted by molar-refractivity contribution is -0.0504. The van der Waals surface area contributed by atoms with Crippen LogP contribution in [0.25, 0.3) is 10.8 Å². The first-order valence-corrected chi connectivity index (χ1v) is 14.2. The lowest BCUT2D eigenvalue weighted by Gasteiger charge is -2.14. The predicted molar refractivity (Wildman–Crippen MR) is 137 cm³/mol. The third-order valence-corrected chi connectivity index (χ3v) is 8.92. The van der Waals surface area contributed by atoms with E-state index < -0.39 is 16.6 Å². The van der Waals surface area contributed by atoms with Gasteiger partial charge in [-0.15, -0.1) is 23.1 Å². The molecule has 184 valence electrons. The zero-order chi connectivity index (χ0) is 24.8. The molecule has 4 rings (SSSR count). The first-order chi connectivity index (χ1) is 16.9. The molecule has 2 aromatic heterocycles. The summed E-state index contributed by atoms with van der Waals surface area (Å²) >= 11 is 3.40. The van der Waals surface area contributed by atoms with Crippen LogP contribution in [0.15, 0.2) is 76.1 Å². The number of ether oxygens (including phenoxy) is 1. The summed E-state index contributed by atoms with van der Waals surface area (Å²) in [5, 5.41) is 4.60. The maximum atomic E-state index is 13.1. The fourth-order valence-corrected chi connectivity index (χ4v) is 6.39. The Hall–Kier alpha value is -2.73. The zero-order valence-corrected chi connectivity index (χ0v) is 21.2. The molecule has 6 nitrogen and oxygen atoms in total. The van der Waals surface area contributed by atoms with Crippen molar-refractivity contribution in [2.24, 2.45) is 0 Å². The van der Waals surface area contributed by atoms with E-state index in [9.17, 15) is 17.2 Å². The third kappa shape index (κ3) is 6.29. The van der Waals surface area contributed by atoms with Gasteiger partial charge in [0.05, 0.1) is 9.10 Å². The van der Waals surface area contributed by atoms with Crippen molar-refractivity contribution in [3.63, 3.8) is 0 Å². The Morgan fingerprint density at radius 2 is 1.91 bits per heavy atom. The van der Waals surface area contributed by atoms with Crippen LogP contribution in [0.4, 0.5) is 14.5 Å². The van der Waals surface area contributed by atoms with Crippen LogP contribution in [0.5, 0.6) is 5.75 Å². The van der Waals surface area contributed by atoms with Gasteiger partial charge in [0.2, 0.25) is 10.0 Å². The van der Waals surface area contributed by atoms with E-state index in [0.29, 0.717) is 22.9 Å². The molecule has 11 heteroatoms. The number of sulfonamides is 1. The van der Waals surface area contributed by atoms with Crippen molar-refractivity contribution in [3.8, 4) is 5.75 Å². The number of nitrogens with one attached hydrogen (secondary N) is 2. The zero-order valence-electron chi connectivity index (χ0n) is 18.7. The second-order valence-electron chi connectivity index (χ2n) is 7.44. The molecule has 0 radical (unpaired) electrons. The fourth-order valence-electron chi connectivity index (χ4n) is 3.62. The SMILES string of the molecule is CSc1ccc(CNc2ccc(S(=O)(=O)NCCc3ccccc3OC(F)F)c3ccncc23)s1. The smallest absolute Gasteiger partial charge is 0.387 e. The van der Waals surface area contributed by atoms with Crippen molar-refractivity contribution in [2.75, 3.05) is 18.1 Å². The third-order valence-electron chi connectivity index (χ3n) is 5.23. The minimum absolute atomic E-state index is 0.0225. The molecular formula is C24H23F2N3O3S3. The van der Waals surface area contributed by atoms with Crippen LogP contribution in [0.2, 0.25) is 0 Å². The van der Waals surface area contributed by atoms with Gasteiger partial charge in [-0.25, -0.2) is 13.1 Å². The van der Waals surface area contributed by atoms with Crippen LogP contribution in [-0.2, 0) is 23.0 Å². The average Bonchev–Trinajstić information content (AvgIpc) is 3.31. The fraction of sp³-hybridized carbons (Fsp3) is 0.208. The van der Waals surface area contributed by atoms with Gasteiger partial charge in [0, 0.05) is 46.8 Å². The van der Waals surface area contributed by atoms with Crippen LogP contribution < -0.4 is 14.8 Å². The molecule has 0 bridgehead atoms. The first-order valence-electron chi connectivity index (χ1n) is 10.6. The number of nitrogens with zero attached hydrogens (tertiary/aromatic N) is 1. The van der Waals surface area contributed by atoms with Crippen LogP contribution in [-0.4, -0.2) is 32.8 Å². The van der Waals surface area contributed by atoms with E-state index in [-0.39, 0.29) is 23.6 Å². The van der Waals surface area contributed by atoms with E-state index in [1.54, 1.807) is 71.9 Å². The molecule has 0 unspecified atom stereocenters. The Kier molecular flexibility index (Phi) is 8.22. The Balaban J connectivity index is 1.50. The van der Waals surface area contributed by atoms with Crippen LogP contribution in [0.1, 0.15) is 10.4 Å². The van der Waals surface area contributed by atoms with Crippen molar-refractivity contribution in [2.45, 2.75) is 28.7 Å². The number of pyridine rings is 1. The van der Waals surface area contributed by atoms with E-state index in [1.807, 2.05) is 6.26 Å². The highest BCUT2D eigenvalue weighted by molar-refractivity contribution is 8.00. The highest BCUT2D eigenvalue weighted by atomic mass is 32.2. The molecule has 4 aromatic rings. The number of hydrogen-bond donors (Lipinski definition) is 2. The largest absolute Gasteiger partial charge is 0.435 e. The molecule has 0 spiro atoms. The first kappa shape index (κ1) is 25.4. The summed E-state index contributed by atoms with van der Waals surface area (Å²) in [5.41, 5.74) is 1.27. The molecule has 0 aliphatic heterocycles. The summed E-state index contributed by atoms with van der Waals surface area (Å²) in [6, 6.07) is 15.4. The molecule has 2 aromatic carbocycles. The predicted octanol–water partition coefficient (Wildman–Crippen LogP) is 5.75. The molecule has 0 saturated heterocycles. The van der Waals surface area contributed by atoms with Crippen LogP contribution >= 0.6 is 23.1 Å². The molecular weight excluding hydrogens is 512 g/mol. The molecule has 0 aliphatic carbocycles. The number of anilines is 1. The minimum atomic E-state index is -3.87. The van der Waals surface area contributed by atoms with E-state index in [4.69, 9.17) is 0 Å². The molecule has 2 heterocycles. The quantitative estimate of drug-likeness (QED) is 0.238. The number of benzene rings is 2. The number of halogens is 2. The average molecular weight is 536 g/mol. The van der Waals surface area contributed by atoms with Gasteiger partial charge in [0.25, 0.3) is 0 Å².